The first-order chi connectivity index (χ1) is 10.9. The van der Waals surface area contributed by atoms with Crippen LogP contribution in [0.1, 0.15) is 49.5 Å². The molecule has 0 aliphatic carbocycles. The first kappa shape index (κ1) is 16.0. The Morgan fingerprint density at radius 1 is 1.39 bits per heavy atom. The lowest BCUT2D eigenvalue weighted by atomic mass is 10.0. The molecule has 1 aromatic carbocycles. The molecule has 2 atom stereocenters. The van der Waals surface area contributed by atoms with Crippen LogP contribution in [0.5, 0.6) is 0 Å². The third-order valence-corrected chi connectivity index (χ3v) is 4.02. The maximum absolute atomic E-state index is 14.0. The molecular formula is C16H19F2N3O2. The van der Waals surface area contributed by atoms with Crippen molar-refractivity contribution in [2.75, 3.05) is 6.54 Å². The molecule has 1 fully saturated rings. The minimum Gasteiger partial charge on any atom is -0.392 e. The van der Waals surface area contributed by atoms with Crippen molar-refractivity contribution in [1.29, 1.82) is 0 Å². The van der Waals surface area contributed by atoms with E-state index in [4.69, 9.17) is 4.52 Å². The predicted octanol–water partition coefficient (Wildman–Crippen LogP) is 2.78. The number of aliphatic hydroxyl groups is 1. The van der Waals surface area contributed by atoms with Gasteiger partial charge in [0.05, 0.1) is 12.6 Å². The van der Waals surface area contributed by atoms with Gasteiger partial charge in [-0.05, 0) is 24.6 Å². The molecule has 5 nitrogen and oxygen atoms in total. The van der Waals surface area contributed by atoms with E-state index in [2.05, 4.69) is 10.1 Å². The van der Waals surface area contributed by atoms with Crippen LogP contribution in [0.3, 0.4) is 0 Å². The van der Waals surface area contributed by atoms with Gasteiger partial charge in [0.15, 0.2) is 5.82 Å². The van der Waals surface area contributed by atoms with Crippen LogP contribution in [0.2, 0.25) is 0 Å². The number of benzene rings is 1. The molecule has 0 radical (unpaired) electrons. The number of β-amino-alcohol motifs (C(OH)–C–C–N with tert-alkyl or cyclic N) is 1. The van der Waals surface area contributed by atoms with Gasteiger partial charge in [-0.3, -0.25) is 4.90 Å². The van der Waals surface area contributed by atoms with Crippen molar-refractivity contribution < 1.29 is 18.4 Å². The van der Waals surface area contributed by atoms with Crippen LogP contribution in [0, 0.1) is 11.6 Å². The van der Waals surface area contributed by atoms with Crippen molar-refractivity contribution in [3.63, 3.8) is 0 Å². The van der Waals surface area contributed by atoms with E-state index in [1.807, 2.05) is 18.7 Å². The number of likely N-dealkylation sites (tertiary alicyclic amines) is 1. The quantitative estimate of drug-likeness (QED) is 0.937. The molecule has 0 unspecified atom stereocenters. The molecule has 2 aromatic rings. The second-order valence-electron chi connectivity index (χ2n) is 6.20. The van der Waals surface area contributed by atoms with E-state index in [1.54, 1.807) is 0 Å². The molecule has 1 N–H and O–H groups in total. The fourth-order valence-corrected chi connectivity index (χ4v) is 2.90. The monoisotopic (exact) mass is 323 g/mol. The van der Waals surface area contributed by atoms with Crippen LogP contribution < -0.4 is 0 Å². The Hall–Kier alpha value is -1.86. The molecular weight excluding hydrogens is 304 g/mol. The Morgan fingerprint density at radius 3 is 2.87 bits per heavy atom. The molecule has 1 aliphatic heterocycles. The lowest BCUT2D eigenvalue weighted by Crippen LogP contribution is -2.25. The summed E-state index contributed by atoms with van der Waals surface area (Å²) >= 11 is 0. The second-order valence-corrected chi connectivity index (χ2v) is 6.20. The number of rotatable bonds is 4. The third-order valence-electron chi connectivity index (χ3n) is 4.02. The number of nitrogens with zero attached hydrogens (tertiary/aromatic N) is 3. The minimum atomic E-state index is -0.598. The maximum Gasteiger partial charge on any atom is 0.229 e. The van der Waals surface area contributed by atoms with Gasteiger partial charge in [0.1, 0.15) is 11.6 Å². The van der Waals surface area contributed by atoms with Gasteiger partial charge in [-0.15, -0.1) is 0 Å². The largest absolute Gasteiger partial charge is 0.392 e. The van der Waals surface area contributed by atoms with Gasteiger partial charge in [-0.1, -0.05) is 19.0 Å². The summed E-state index contributed by atoms with van der Waals surface area (Å²) in [5.74, 6) is 0.158. The standard InChI is InChI=1S/C16H19F2N3O2/c1-9(2)16-19-15(20-23-16)8-21-7-11(22)6-14(21)12-5-10(17)3-4-13(12)18/h3-5,9,11,14,22H,6-8H2,1-2H3/t11-,14+/m0/s1. The van der Waals surface area contributed by atoms with Gasteiger partial charge in [-0.25, -0.2) is 8.78 Å². The van der Waals surface area contributed by atoms with Gasteiger partial charge < -0.3 is 9.63 Å². The summed E-state index contributed by atoms with van der Waals surface area (Å²) in [7, 11) is 0. The summed E-state index contributed by atoms with van der Waals surface area (Å²) in [6.45, 7) is 4.56. The van der Waals surface area contributed by atoms with Crippen molar-refractivity contribution in [2.24, 2.45) is 0 Å². The third kappa shape index (κ3) is 3.40. The Kier molecular flexibility index (Phi) is 4.41. The summed E-state index contributed by atoms with van der Waals surface area (Å²) < 4.78 is 32.7. The van der Waals surface area contributed by atoms with Crippen LogP contribution >= 0.6 is 0 Å². The Labute approximate surface area is 132 Å². The Morgan fingerprint density at radius 2 is 2.17 bits per heavy atom. The van der Waals surface area contributed by atoms with E-state index in [1.165, 1.54) is 6.07 Å². The molecule has 23 heavy (non-hydrogen) atoms. The average Bonchev–Trinajstić information content (AvgIpc) is 3.09. The first-order valence-corrected chi connectivity index (χ1v) is 7.63. The average molecular weight is 323 g/mol. The van der Waals surface area contributed by atoms with E-state index in [9.17, 15) is 13.9 Å². The Balaban J connectivity index is 1.83. The zero-order chi connectivity index (χ0) is 16.6. The van der Waals surface area contributed by atoms with Crippen LogP contribution in [0.4, 0.5) is 8.78 Å². The predicted molar refractivity (Wildman–Crippen MR) is 78.5 cm³/mol. The molecule has 3 rings (SSSR count). The van der Waals surface area contributed by atoms with E-state index in [0.717, 1.165) is 12.1 Å². The highest BCUT2D eigenvalue weighted by molar-refractivity contribution is 5.24. The lowest BCUT2D eigenvalue weighted by Gasteiger charge is -2.23. The zero-order valence-electron chi connectivity index (χ0n) is 13.0. The van der Waals surface area contributed by atoms with Gasteiger partial charge in [0.2, 0.25) is 5.89 Å². The fraction of sp³-hybridized carbons (Fsp3) is 0.500. The number of hydrogen-bond donors (Lipinski definition) is 1. The molecule has 7 heteroatoms. The smallest absolute Gasteiger partial charge is 0.229 e. The lowest BCUT2D eigenvalue weighted by molar-refractivity contribution is 0.170. The molecule has 0 bridgehead atoms. The van der Waals surface area contributed by atoms with Crippen molar-refractivity contribution in [1.82, 2.24) is 15.0 Å². The molecule has 1 aliphatic rings. The van der Waals surface area contributed by atoms with Crippen LogP contribution in [-0.2, 0) is 6.54 Å². The Bertz CT molecular complexity index is 690. The van der Waals surface area contributed by atoms with Crippen molar-refractivity contribution in [2.45, 2.75) is 44.9 Å². The highest BCUT2D eigenvalue weighted by atomic mass is 19.1. The summed E-state index contributed by atoms with van der Waals surface area (Å²) in [6, 6.07) is 2.96. The van der Waals surface area contributed by atoms with Gasteiger partial charge in [0, 0.05) is 24.1 Å². The van der Waals surface area contributed by atoms with Crippen LogP contribution in [0.15, 0.2) is 22.7 Å². The topological polar surface area (TPSA) is 62.4 Å². The number of aliphatic hydroxyl groups excluding tert-OH is 1. The van der Waals surface area contributed by atoms with E-state index in [0.29, 0.717) is 31.2 Å². The first-order valence-electron chi connectivity index (χ1n) is 7.63. The van der Waals surface area contributed by atoms with Crippen molar-refractivity contribution >= 4 is 0 Å². The van der Waals surface area contributed by atoms with E-state index < -0.39 is 23.8 Å². The fourth-order valence-electron chi connectivity index (χ4n) is 2.90. The number of halogens is 2. The minimum absolute atomic E-state index is 0.122. The maximum atomic E-state index is 14.0. The molecule has 1 saturated heterocycles. The summed E-state index contributed by atoms with van der Waals surface area (Å²) in [5, 5.41) is 13.9. The highest BCUT2D eigenvalue weighted by Gasteiger charge is 2.34. The van der Waals surface area contributed by atoms with Crippen LogP contribution in [0.25, 0.3) is 0 Å². The van der Waals surface area contributed by atoms with Gasteiger partial charge in [0.25, 0.3) is 0 Å². The SMILES string of the molecule is CC(C)c1nc(CN2C[C@@H](O)C[C@@H]2c2cc(F)ccc2F)no1. The highest BCUT2D eigenvalue weighted by Crippen LogP contribution is 2.34. The molecule has 124 valence electrons. The van der Waals surface area contributed by atoms with Crippen molar-refractivity contribution in [3.8, 4) is 0 Å². The number of aromatic nitrogens is 2. The summed E-state index contributed by atoms with van der Waals surface area (Å²) in [4.78, 5) is 6.14. The molecule has 0 saturated carbocycles. The van der Waals surface area contributed by atoms with Crippen molar-refractivity contribution in [3.05, 3.63) is 47.1 Å². The summed E-state index contributed by atoms with van der Waals surface area (Å²) in [5.41, 5.74) is 0.245. The second kappa shape index (κ2) is 6.33. The molecule has 0 spiro atoms. The normalized spacial score (nSPS) is 22.2. The van der Waals surface area contributed by atoms with Gasteiger partial charge in [-0.2, -0.15) is 4.98 Å². The summed E-state index contributed by atoms with van der Waals surface area (Å²) in [6.07, 6.45) is -0.255. The molecule has 1 aromatic heterocycles. The zero-order valence-corrected chi connectivity index (χ0v) is 13.0. The van der Waals surface area contributed by atoms with E-state index in [-0.39, 0.29) is 11.5 Å². The van der Waals surface area contributed by atoms with Gasteiger partial charge >= 0.3 is 0 Å². The number of hydrogen-bond acceptors (Lipinski definition) is 5. The van der Waals surface area contributed by atoms with Crippen LogP contribution in [-0.4, -0.2) is 32.8 Å². The molecule has 2 heterocycles. The molecule has 0 amide bonds. The van der Waals surface area contributed by atoms with E-state index >= 15 is 0 Å².